The first-order valence-corrected chi connectivity index (χ1v) is 7.77. The van der Waals surface area contributed by atoms with Crippen LogP contribution < -0.4 is 4.74 Å². The van der Waals surface area contributed by atoms with Gasteiger partial charge >= 0.3 is 0 Å². The number of benzene rings is 1. The highest BCUT2D eigenvalue weighted by atomic mass is 79.9. The molecule has 0 aliphatic heterocycles. The van der Waals surface area contributed by atoms with Gasteiger partial charge < -0.3 is 4.74 Å². The first-order chi connectivity index (χ1) is 8.57. The van der Waals surface area contributed by atoms with E-state index in [1.165, 1.54) is 43.2 Å². The van der Waals surface area contributed by atoms with Gasteiger partial charge in [-0.05, 0) is 31.2 Å². The Bertz CT molecular complexity index is 408. The number of hydrogen-bond acceptors (Lipinski definition) is 1. The van der Waals surface area contributed by atoms with Crippen molar-refractivity contribution >= 4 is 15.9 Å². The van der Waals surface area contributed by atoms with Crippen LogP contribution in [0.25, 0.3) is 0 Å². The lowest BCUT2D eigenvalue weighted by Gasteiger charge is -2.38. The zero-order valence-electron chi connectivity index (χ0n) is 11.6. The molecule has 0 N–H and O–H groups in total. The lowest BCUT2D eigenvalue weighted by molar-refractivity contribution is 0.210. The smallest absolute Gasteiger partial charge is 0.123 e. The summed E-state index contributed by atoms with van der Waals surface area (Å²) in [6, 6.07) is 6.47. The largest absolute Gasteiger partial charge is 0.496 e. The van der Waals surface area contributed by atoms with Gasteiger partial charge in [0.25, 0.3) is 0 Å². The molecule has 1 aromatic rings. The minimum atomic E-state index is 0.360. The Kier molecular flexibility index (Phi) is 4.37. The number of alkyl halides is 1. The molecule has 2 rings (SSSR count). The van der Waals surface area contributed by atoms with Gasteiger partial charge in [-0.25, -0.2) is 0 Å². The maximum absolute atomic E-state index is 5.53. The molecule has 1 fully saturated rings. The Morgan fingerprint density at radius 3 is 2.50 bits per heavy atom. The van der Waals surface area contributed by atoms with E-state index >= 15 is 0 Å². The summed E-state index contributed by atoms with van der Waals surface area (Å²) in [4.78, 5) is 0.389. The van der Waals surface area contributed by atoms with Crippen molar-refractivity contribution in [2.75, 3.05) is 7.11 Å². The number of halogens is 1. The molecule has 0 heterocycles. The number of hydrogen-bond donors (Lipinski definition) is 0. The molecule has 100 valence electrons. The Hall–Kier alpha value is -0.500. The molecule has 1 saturated carbocycles. The van der Waals surface area contributed by atoms with Crippen molar-refractivity contribution in [3.8, 4) is 5.75 Å². The number of aryl methyl sites for hydroxylation is 1. The zero-order chi connectivity index (χ0) is 13.2. The molecule has 0 saturated heterocycles. The van der Waals surface area contributed by atoms with Crippen molar-refractivity contribution in [2.24, 2.45) is 5.41 Å². The molecule has 1 aliphatic rings. The van der Waals surface area contributed by atoms with Gasteiger partial charge in [-0.2, -0.15) is 0 Å². The lowest BCUT2D eigenvalue weighted by atomic mass is 9.71. The van der Waals surface area contributed by atoms with Crippen molar-refractivity contribution in [3.63, 3.8) is 0 Å². The summed E-state index contributed by atoms with van der Waals surface area (Å²) in [5, 5.41) is 0. The molecule has 0 radical (unpaired) electrons. The van der Waals surface area contributed by atoms with Crippen molar-refractivity contribution in [3.05, 3.63) is 29.3 Å². The maximum Gasteiger partial charge on any atom is 0.123 e. The van der Waals surface area contributed by atoms with Crippen LogP contribution in [0, 0.1) is 12.3 Å². The molecule has 1 nitrogen and oxygen atoms in total. The van der Waals surface area contributed by atoms with Crippen LogP contribution in [0.15, 0.2) is 18.2 Å². The van der Waals surface area contributed by atoms with Gasteiger partial charge in [-0.1, -0.05) is 59.8 Å². The fourth-order valence-electron chi connectivity index (χ4n) is 3.04. The number of ether oxygens (including phenoxy) is 1. The fraction of sp³-hybridized carbons (Fsp3) is 0.625. The van der Waals surface area contributed by atoms with Crippen LogP contribution in [-0.4, -0.2) is 7.11 Å². The van der Waals surface area contributed by atoms with Crippen molar-refractivity contribution in [1.29, 1.82) is 0 Å². The molecule has 1 atom stereocenters. The van der Waals surface area contributed by atoms with E-state index in [0.29, 0.717) is 10.2 Å². The molecule has 0 bridgehead atoms. The van der Waals surface area contributed by atoms with E-state index in [0.717, 1.165) is 5.75 Å². The monoisotopic (exact) mass is 310 g/mol. The van der Waals surface area contributed by atoms with E-state index in [9.17, 15) is 0 Å². The van der Waals surface area contributed by atoms with Crippen LogP contribution in [0.3, 0.4) is 0 Å². The summed E-state index contributed by atoms with van der Waals surface area (Å²) in [6.45, 7) is 4.55. The second kappa shape index (κ2) is 5.64. The molecule has 0 amide bonds. The molecule has 1 aliphatic carbocycles. The Labute approximate surface area is 119 Å². The lowest BCUT2D eigenvalue weighted by Crippen LogP contribution is -2.25. The molecular formula is C16H23BrO. The van der Waals surface area contributed by atoms with E-state index in [2.05, 4.69) is 48.0 Å². The summed E-state index contributed by atoms with van der Waals surface area (Å²) in [6.07, 6.45) is 6.71. The van der Waals surface area contributed by atoms with Gasteiger partial charge in [-0.3, -0.25) is 0 Å². The van der Waals surface area contributed by atoms with E-state index in [4.69, 9.17) is 4.74 Å². The third kappa shape index (κ3) is 2.74. The first kappa shape index (κ1) is 13.9. The highest BCUT2D eigenvalue weighted by Gasteiger charge is 2.36. The Morgan fingerprint density at radius 2 is 1.89 bits per heavy atom. The van der Waals surface area contributed by atoms with Gasteiger partial charge in [0.2, 0.25) is 0 Å². The molecule has 2 heteroatoms. The van der Waals surface area contributed by atoms with Crippen LogP contribution in [0.4, 0.5) is 0 Å². The molecule has 0 aromatic heterocycles. The highest BCUT2D eigenvalue weighted by molar-refractivity contribution is 9.09. The molecule has 18 heavy (non-hydrogen) atoms. The normalized spacial score (nSPS) is 20.4. The van der Waals surface area contributed by atoms with Crippen LogP contribution in [0.2, 0.25) is 0 Å². The third-order valence-electron chi connectivity index (χ3n) is 4.27. The highest BCUT2D eigenvalue weighted by Crippen LogP contribution is 2.52. The molecule has 1 unspecified atom stereocenters. The fourth-order valence-corrected chi connectivity index (χ4v) is 3.86. The van der Waals surface area contributed by atoms with E-state index in [1.54, 1.807) is 7.11 Å². The number of methoxy groups -OCH3 is 1. The van der Waals surface area contributed by atoms with Gasteiger partial charge in [0.15, 0.2) is 0 Å². The van der Waals surface area contributed by atoms with E-state index in [-0.39, 0.29) is 0 Å². The average Bonchev–Trinajstić information content (AvgIpc) is 2.38. The number of rotatable bonds is 3. The molecule has 0 spiro atoms. The minimum Gasteiger partial charge on any atom is -0.496 e. The van der Waals surface area contributed by atoms with Crippen molar-refractivity contribution in [2.45, 2.75) is 50.8 Å². The summed E-state index contributed by atoms with van der Waals surface area (Å²) < 4.78 is 5.53. The predicted molar refractivity (Wildman–Crippen MR) is 80.6 cm³/mol. The topological polar surface area (TPSA) is 9.23 Å². The Balaban J connectivity index is 2.32. The maximum atomic E-state index is 5.53. The summed E-state index contributed by atoms with van der Waals surface area (Å²) >= 11 is 3.95. The molecular weight excluding hydrogens is 288 g/mol. The summed E-state index contributed by atoms with van der Waals surface area (Å²) in [7, 11) is 1.76. The second-order valence-corrected chi connectivity index (χ2v) is 6.74. The van der Waals surface area contributed by atoms with E-state index < -0.39 is 0 Å². The van der Waals surface area contributed by atoms with Crippen LogP contribution in [0.5, 0.6) is 5.75 Å². The third-order valence-corrected chi connectivity index (χ3v) is 5.86. The Morgan fingerprint density at radius 1 is 1.22 bits per heavy atom. The molecule has 1 aromatic carbocycles. The summed E-state index contributed by atoms with van der Waals surface area (Å²) in [5.41, 5.74) is 2.97. The van der Waals surface area contributed by atoms with Crippen LogP contribution in [-0.2, 0) is 0 Å². The van der Waals surface area contributed by atoms with Gasteiger partial charge in [0.1, 0.15) is 5.75 Å². The van der Waals surface area contributed by atoms with Gasteiger partial charge in [0.05, 0.1) is 7.11 Å². The van der Waals surface area contributed by atoms with Crippen LogP contribution >= 0.6 is 15.9 Å². The van der Waals surface area contributed by atoms with Gasteiger partial charge in [0, 0.05) is 10.4 Å². The predicted octanol–water partition coefficient (Wildman–Crippen LogP) is 5.41. The first-order valence-electron chi connectivity index (χ1n) is 6.85. The van der Waals surface area contributed by atoms with Gasteiger partial charge in [-0.15, -0.1) is 0 Å². The van der Waals surface area contributed by atoms with Crippen molar-refractivity contribution in [1.82, 2.24) is 0 Å². The summed E-state index contributed by atoms with van der Waals surface area (Å²) in [5.74, 6) is 1.01. The zero-order valence-corrected chi connectivity index (χ0v) is 13.2. The van der Waals surface area contributed by atoms with E-state index in [1.807, 2.05) is 0 Å². The van der Waals surface area contributed by atoms with Crippen molar-refractivity contribution < 1.29 is 4.74 Å². The quantitative estimate of drug-likeness (QED) is 0.678. The SMILES string of the molecule is COc1ccc(C)cc1C(Br)C1(C)CCCCC1. The second-order valence-electron chi connectivity index (χ2n) is 5.82. The minimum absolute atomic E-state index is 0.360. The van der Waals surface area contributed by atoms with Crippen LogP contribution in [0.1, 0.15) is 55.0 Å². The average molecular weight is 311 g/mol. The standard InChI is InChI=1S/C16H23BrO/c1-12-7-8-14(18-3)13(11-12)15(17)16(2)9-5-4-6-10-16/h7-8,11,15H,4-6,9-10H2,1-3H3.